The molecule has 192 valence electrons. The van der Waals surface area contributed by atoms with E-state index in [1.165, 1.54) is 4.90 Å². The Balaban J connectivity index is 1.62. The average molecular weight is 537 g/mol. The first-order valence-electron chi connectivity index (χ1n) is 11.0. The number of carbonyl (C=O) groups is 1. The first-order valence-corrected chi connectivity index (χ1v) is 11.4. The Kier molecular flexibility index (Phi) is 7.17. The number of halogens is 6. The zero-order chi connectivity index (χ0) is 27.0. The highest BCUT2D eigenvalue weighted by Gasteiger charge is 2.37. The maximum atomic E-state index is 14.0. The van der Waals surface area contributed by atoms with Crippen LogP contribution in [0.5, 0.6) is 0 Å². The van der Waals surface area contributed by atoms with Crippen LogP contribution in [0, 0.1) is 11.3 Å². The number of alkyl halides is 5. The molecule has 0 radical (unpaired) electrons. The molecule has 0 bridgehead atoms. The highest BCUT2D eigenvalue weighted by Crippen LogP contribution is 2.36. The number of hydrogen-bond acceptors (Lipinski definition) is 5. The summed E-state index contributed by atoms with van der Waals surface area (Å²) in [4.78, 5) is 21.6. The number of benzene rings is 1. The van der Waals surface area contributed by atoms with Crippen molar-refractivity contribution < 1.29 is 31.9 Å². The van der Waals surface area contributed by atoms with Gasteiger partial charge in [-0.1, -0.05) is 23.7 Å². The molecule has 1 aliphatic heterocycles. The number of carbonyl (C=O) groups excluding carboxylic acids is 1. The van der Waals surface area contributed by atoms with E-state index in [-0.39, 0.29) is 42.8 Å². The molecule has 37 heavy (non-hydrogen) atoms. The minimum atomic E-state index is -4.71. The van der Waals surface area contributed by atoms with E-state index in [9.17, 15) is 37.1 Å². The molecule has 12 heteroatoms. The lowest BCUT2D eigenvalue weighted by Crippen LogP contribution is -2.45. The smallest absolute Gasteiger partial charge is 0.385 e. The van der Waals surface area contributed by atoms with Crippen molar-refractivity contribution in [2.75, 3.05) is 13.1 Å². The molecule has 1 saturated heterocycles. The normalized spacial score (nSPS) is 15.5. The summed E-state index contributed by atoms with van der Waals surface area (Å²) in [6.07, 6.45) is -6.85. The van der Waals surface area contributed by atoms with Gasteiger partial charge in [0.05, 0.1) is 22.4 Å². The van der Waals surface area contributed by atoms with E-state index in [0.717, 1.165) is 18.3 Å². The van der Waals surface area contributed by atoms with E-state index < -0.39 is 41.1 Å². The minimum Gasteiger partial charge on any atom is -0.385 e. The molecular formula is C25H18ClF5N4O2. The van der Waals surface area contributed by atoms with Gasteiger partial charge in [-0.15, -0.1) is 0 Å². The predicted molar refractivity (Wildman–Crippen MR) is 123 cm³/mol. The second-order valence-electron chi connectivity index (χ2n) is 8.49. The summed E-state index contributed by atoms with van der Waals surface area (Å²) in [5, 5.41) is 21.1. The fourth-order valence-corrected chi connectivity index (χ4v) is 4.30. The highest BCUT2D eigenvalue weighted by molar-refractivity contribution is 6.30. The molecule has 0 aliphatic carbocycles. The maximum Gasteiger partial charge on any atom is 0.433 e. The molecule has 3 aromatic rings. The fraction of sp³-hybridized carbons (Fsp3) is 0.280. The quantitative estimate of drug-likeness (QED) is 0.429. The lowest BCUT2D eigenvalue weighted by molar-refractivity contribution is -0.141. The number of nitrogens with zero attached hydrogens (tertiary/aromatic N) is 4. The molecule has 3 heterocycles. The zero-order valence-corrected chi connectivity index (χ0v) is 19.7. The van der Waals surface area contributed by atoms with E-state index >= 15 is 0 Å². The molecule has 4 rings (SSSR count). The van der Waals surface area contributed by atoms with Crippen LogP contribution in [0.1, 0.15) is 52.1 Å². The van der Waals surface area contributed by atoms with Crippen molar-refractivity contribution in [3.8, 4) is 17.3 Å². The number of aliphatic hydroxyl groups is 1. The van der Waals surface area contributed by atoms with Crippen LogP contribution in [0.15, 0.2) is 48.7 Å². The second kappa shape index (κ2) is 10.0. The Morgan fingerprint density at radius 3 is 2.30 bits per heavy atom. The van der Waals surface area contributed by atoms with Crippen molar-refractivity contribution in [2.45, 2.75) is 31.0 Å². The lowest BCUT2D eigenvalue weighted by Gasteiger charge is -2.38. The van der Waals surface area contributed by atoms with Crippen LogP contribution in [0.25, 0.3) is 11.3 Å². The Morgan fingerprint density at radius 1 is 1.14 bits per heavy atom. The molecule has 0 saturated carbocycles. The second-order valence-corrected chi connectivity index (χ2v) is 8.93. The van der Waals surface area contributed by atoms with E-state index in [4.69, 9.17) is 11.6 Å². The molecule has 2 aromatic heterocycles. The Labute approximate surface area is 213 Å². The minimum absolute atomic E-state index is 0.0487. The molecule has 1 aromatic carbocycles. The Hall–Kier alpha value is -3.62. The monoisotopic (exact) mass is 536 g/mol. The largest absolute Gasteiger partial charge is 0.433 e. The topological polar surface area (TPSA) is 90.1 Å². The number of rotatable bonds is 4. The summed E-state index contributed by atoms with van der Waals surface area (Å²) < 4.78 is 66.4. The molecule has 0 atom stereocenters. The summed E-state index contributed by atoms with van der Waals surface area (Å²) in [7, 11) is 0. The van der Waals surface area contributed by atoms with Gasteiger partial charge in [-0.3, -0.25) is 9.78 Å². The first-order chi connectivity index (χ1) is 17.4. The molecule has 1 fully saturated rings. The molecule has 1 amide bonds. The van der Waals surface area contributed by atoms with Crippen LogP contribution < -0.4 is 0 Å². The Bertz CT molecular complexity index is 1350. The molecule has 1 aliphatic rings. The summed E-state index contributed by atoms with van der Waals surface area (Å²) in [6, 6.07) is 10.9. The van der Waals surface area contributed by atoms with Gasteiger partial charge in [-0.2, -0.15) is 18.4 Å². The standard InChI is InChI=1S/C25H18ClF5N4O2/c26-17-4-2-16(3-5-17)24(37)7-9-35(10-8-24)23(36)18-11-15(12-32)20(34-21(18)22(27)28)14-1-6-19(33-13-14)25(29,30)31/h1-6,11,13,22,37H,7-10H2. The van der Waals surface area contributed by atoms with Crippen molar-refractivity contribution in [1.82, 2.24) is 14.9 Å². The van der Waals surface area contributed by atoms with Gasteiger partial charge in [0.15, 0.2) is 0 Å². The van der Waals surface area contributed by atoms with Crippen molar-refractivity contribution in [3.05, 3.63) is 81.8 Å². The predicted octanol–water partition coefficient (Wildman–Crippen LogP) is 5.75. The third-order valence-electron chi connectivity index (χ3n) is 6.20. The van der Waals surface area contributed by atoms with Crippen molar-refractivity contribution in [1.29, 1.82) is 5.26 Å². The summed E-state index contributed by atoms with van der Waals surface area (Å²) in [5.41, 5.74) is -3.89. The molecule has 6 nitrogen and oxygen atoms in total. The highest BCUT2D eigenvalue weighted by atomic mass is 35.5. The Morgan fingerprint density at radius 2 is 1.78 bits per heavy atom. The van der Waals surface area contributed by atoms with Gasteiger partial charge in [0, 0.05) is 29.9 Å². The van der Waals surface area contributed by atoms with Crippen molar-refractivity contribution in [2.24, 2.45) is 0 Å². The molecule has 1 N–H and O–H groups in total. The van der Waals surface area contributed by atoms with E-state index in [2.05, 4.69) is 9.97 Å². The summed E-state index contributed by atoms with van der Waals surface area (Å²) >= 11 is 5.90. The van der Waals surface area contributed by atoms with Crippen molar-refractivity contribution in [3.63, 3.8) is 0 Å². The van der Waals surface area contributed by atoms with Gasteiger partial charge in [-0.05, 0) is 48.7 Å². The van der Waals surface area contributed by atoms with Gasteiger partial charge in [-0.25, -0.2) is 13.8 Å². The average Bonchev–Trinajstić information content (AvgIpc) is 2.87. The van der Waals surface area contributed by atoms with Gasteiger partial charge >= 0.3 is 6.18 Å². The number of likely N-dealkylation sites (tertiary alicyclic amines) is 1. The number of piperidine rings is 1. The first kappa shape index (κ1) is 26.4. The molecule has 0 spiro atoms. The zero-order valence-electron chi connectivity index (χ0n) is 18.9. The van der Waals surface area contributed by atoms with Crippen LogP contribution in [0.2, 0.25) is 5.02 Å². The number of amides is 1. The van der Waals surface area contributed by atoms with E-state index in [1.54, 1.807) is 30.3 Å². The van der Waals surface area contributed by atoms with E-state index in [0.29, 0.717) is 16.7 Å². The third kappa shape index (κ3) is 5.40. The van der Waals surface area contributed by atoms with Gasteiger partial charge < -0.3 is 10.0 Å². The molecular weight excluding hydrogens is 519 g/mol. The van der Waals surface area contributed by atoms with Crippen LogP contribution in [0.3, 0.4) is 0 Å². The third-order valence-corrected chi connectivity index (χ3v) is 6.45. The van der Waals surface area contributed by atoms with Crippen LogP contribution in [0.4, 0.5) is 22.0 Å². The van der Waals surface area contributed by atoms with Crippen LogP contribution >= 0.6 is 11.6 Å². The number of pyridine rings is 2. The maximum absolute atomic E-state index is 14.0. The SMILES string of the molecule is N#Cc1cc(C(=O)N2CCC(O)(c3ccc(Cl)cc3)CC2)c(C(F)F)nc1-c1ccc(C(F)(F)F)nc1. The summed E-state index contributed by atoms with van der Waals surface area (Å²) in [5.74, 6) is -0.797. The molecule has 0 unspecified atom stereocenters. The number of nitriles is 1. The summed E-state index contributed by atoms with van der Waals surface area (Å²) in [6.45, 7) is 0.0974. The number of aromatic nitrogens is 2. The van der Waals surface area contributed by atoms with Crippen molar-refractivity contribution >= 4 is 17.5 Å². The van der Waals surface area contributed by atoms with Gasteiger partial charge in [0.25, 0.3) is 12.3 Å². The number of hydrogen-bond donors (Lipinski definition) is 1. The van der Waals surface area contributed by atoms with Crippen LogP contribution in [-0.4, -0.2) is 39.0 Å². The van der Waals surface area contributed by atoms with Crippen LogP contribution in [-0.2, 0) is 11.8 Å². The van der Waals surface area contributed by atoms with E-state index in [1.807, 2.05) is 0 Å². The fourth-order valence-electron chi connectivity index (χ4n) is 4.17. The van der Waals surface area contributed by atoms with Gasteiger partial charge in [0.2, 0.25) is 0 Å². The lowest BCUT2D eigenvalue weighted by atomic mass is 9.84. The van der Waals surface area contributed by atoms with Gasteiger partial charge in [0.1, 0.15) is 17.5 Å².